The van der Waals surface area contributed by atoms with E-state index in [2.05, 4.69) is 0 Å². The maximum absolute atomic E-state index is 12.4. The number of rotatable bonds is 6. The second kappa shape index (κ2) is 10.4. The maximum atomic E-state index is 12.4. The van der Waals surface area contributed by atoms with Gasteiger partial charge >= 0.3 is 0 Å². The Hall–Kier alpha value is -1.63. The molecule has 6 nitrogen and oxygen atoms in total. The molecule has 0 saturated carbocycles. The van der Waals surface area contributed by atoms with E-state index in [1.807, 2.05) is 36.1 Å². The van der Waals surface area contributed by atoms with Crippen molar-refractivity contribution in [2.75, 3.05) is 39.8 Å². The minimum absolute atomic E-state index is 0. The van der Waals surface area contributed by atoms with Crippen molar-refractivity contribution >= 4 is 24.2 Å². The third-order valence-corrected chi connectivity index (χ3v) is 4.46. The van der Waals surface area contributed by atoms with Crippen molar-refractivity contribution in [2.45, 2.75) is 25.9 Å². The average Bonchev–Trinajstić information content (AvgIpc) is 2.61. The summed E-state index contributed by atoms with van der Waals surface area (Å²) >= 11 is 0. The first-order valence-corrected chi connectivity index (χ1v) is 8.37. The van der Waals surface area contributed by atoms with E-state index in [1.165, 1.54) is 5.56 Å². The minimum atomic E-state index is -0.237. The number of aryl methyl sites for hydroxylation is 1. The Morgan fingerprint density at radius 3 is 2.08 bits per heavy atom. The molecule has 1 saturated heterocycles. The van der Waals surface area contributed by atoms with Gasteiger partial charge < -0.3 is 20.3 Å². The first-order chi connectivity index (χ1) is 11.5. The van der Waals surface area contributed by atoms with Crippen molar-refractivity contribution in [2.24, 2.45) is 5.73 Å². The van der Waals surface area contributed by atoms with Gasteiger partial charge in [0.2, 0.25) is 11.8 Å². The van der Waals surface area contributed by atoms with Crippen LogP contribution in [0.4, 0.5) is 0 Å². The van der Waals surface area contributed by atoms with Crippen LogP contribution in [0.2, 0.25) is 0 Å². The fourth-order valence-corrected chi connectivity index (χ4v) is 2.78. The summed E-state index contributed by atoms with van der Waals surface area (Å²) < 4.78 is 5.16. The van der Waals surface area contributed by atoms with Crippen molar-refractivity contribution in [1.29, 1.82) is 0 Å². The van der Waals surface area contributed by atoms with Crippen LogP contribution in [0, 0.1) is 6.92 Å². The molecule has 1 atom stereocenters. The van der Waals surface area contributed by atoms with Crippen molar-refractivity contribution < 1.29 is 14.3 Å². The first-order valence-electron chi connectivity index (χ1n) is 8.37. The summed E-state index contributed by atoms with van der Waals surface area (Å²) in [6.45, 7) is 4.66. The lowest BCUT2D eigenvalue weighted by Crippen LogP contribution is -2.51. The number of hydrogen-bond acceptors (Lipinski definition) is 4. The molecule has 1 aliphatic rings. The molecule has 2 N–H and O–H groups in total. The Bertz CT molecular complexity index is 553. The van der Waals surface area contributed by atoms with E-state index in [0.717, 1.165) is 5.56 Å². The normalized spacial score (nSPS) is 15.5. The Balaban J connectivity index is 0.00000312. The summed E-state index contributed by atoms with van der Waals surface area (Å²) in [5.41, 5.74) is 7.77. The lowest BCUT2D eigenvalue weighted by molar-refractivity contribution is -0.140. The van der Waals surface area contributed by atoms with E-state index < -0.39 is 0 Å². The molecule has 140 valence electrons. The van der Waals surface area contributed by atoms with Crippen molar-refractivity contribution in [3.05, 3.63) is 35.4 Å². The van der Waals surface area contributed by atoms with Gasteiger partial charge in [-0.05, 0) is 12.5 Å². The van der Waals surface area contributed by atoms with Gasteiger partial charge in [-0.1, -0.05) is 29.8 Å². The molecular formula is C18H28ClN3O3. The third-order valence-electron chi connectivity index (χ3n) is 4.46. The van der Waals surface area contributed by atoms with E-state index in [4.69, 9.17) is 10.5 Å². The highest BCUT2D eigenvalue weighted by Gasteiger charge is 2.25. The molecule has 1 heterocycles. The van der Waals surface area contributed by atoms with Crippen LogP contribution in [0.1, 0.15) is 17.5 Å². The number of nitrogens with two attached hydrogens (primary N) is 1. The molecule has 1 aromatic rings. The molecule has 1 aliphatic heterocycles. The van der Waals surface area contributed by atoms with Gasteiger partial charge in [-0.2, -0.15) is 0 Å². The average molecular weight is 370 g/mol. The van der Waals surface area contributed by atoms with Gasteiger partial charge in [-0.15, -0.1) is 12.4 Å². The zero-order valence-corrected chi connectivity index (χ0v) is 15.8. The SMILES string of the molecule is COC(CN)CC(=O)N1CCN(C(=O)Cc2ccc(C)cc2)CC1.Cl. The topological polar surface area (TPSA) is 75.9 Å². The molecule has 1 aromatic carbocycles. The van der Waals surface area contributed by atoms with Crippen molar-refractivity contribution in [3.8, 4) is 0 Å². The number of carbonyl (C=O) groups is 2. The highest BCUT2D eigenvalue weighted by molar-refractivity contribution is 5.85. The maximum Gasteiger partial charge on any atom is 0.227 e. The smallest absolute Gasteiger partial charge is 0.227 e. The van der Waals surface area contributed by atoms with Gasteiger partial charge in [0, 0.05) is 39.8 Å². The van der Waals surface area contributed by atoms with E-state index in [1.54, 1.807) is 12.0 Å². The van der Waals surface area contributed by atoms with Gasteiger partial charge in [0.1, 0.15) is 0 Å². The van der Waals surface area contributed by atoms with Gasteiger partial charge in [-0.3, -0.25) is 9.59 Å². The lowest BCUT2D eigenvalue weighted by atomic mass is 10.1. The number of ether oxygens (including phenoxy) is 1. The predicted molar refractivity (Wildman–Crippen MR) is 99.8 cm³/mol. The predicted octanol–water partition coefficient (Wildman–Crippen LogP) is 0.994. The second-order valence-electron chi connectivity index (χ2n) is 6.22. The number of carbonyl (C=O) groups excluding carboxylic acids is 2. The zero-order valence-electron chi connectivity index (χ0n) is 14.9. The molecular weight excluding hydrogens is 342 g/mol. The van der Waals surface area contributed by atoms with Crippen LogP contribution in [0.5, 0.6) is 0 Å². The van der Waals surface area contributed by atoms with E-state index in [9.17, 15) is 9.59 Å². The standard InChI is InChI=1S/C18H27N3O3.ClH/c1-14-3-5-15(6-4-14)11-17(22)20-7-9-21(10-8-20)18(23)12-16(13-19)24-2;/h3-6,16H,7-13,19H2,1-2H3;1H. The largest absolute Gasteiger partial charge is 0.380 e. The third kappa shape index (κ3) is 6.30. The monoisotopic (exact) mass is 369 g/mol. The van der Waals surface area contributed by atoms with Gasteiger partial charge in [-0.25, -0.2) is 0 Å². The van der Waals surface area contributed by atoms with Crippen LogP contribution in [0.3, 0.4) is 0 Å². The summed E-state index contributed by atoms with van der Waals surface area (Å²) in [7, 11) is 1.56. The van der Waals surface area contributed by atoms with Crippen LogP contribution in [-0.2, 0) is 20.7 Å². The van der Waals surface area contributed by atoms with Crippen LogP contribution in [0.15, 0.2) is 24.3 Å². The molecule has 1 unspecified atom stereocenters. The molecule has 7 heteroatoms. The number of nitrogens with zero attached hydrogens (tertiary/aromatic N) is 2. The summed E-state index contributed by atoms with van der Waals surface area (Å²) in [6, 6.07) is 8.02. The van der Waals surface area contributed by atoms with Gasteiger partial charge in [0.25, 0.3) is 0 Å². The molecule has 0 bridgehead atoms. The number of benzene rings is 1. The highest BCUT2D eigenvalue weighted by Crippen LogP contribution is 2.10. The van der Waals surface area contributed by atoms with E-state index in [0.29, 0.717) is 45.6 Å². The fraction of sp³-hybridized carbons (Fsp3) is 0.556. The number of halogens is 1. The quantitative estimate of drug-likeness (QED) is 0.811. The Labute approximate surface area is 155 Å². The fourth-order valence-electron chi connectivity index (χ4n) is 2.78. The zero-order chi connectivity index (χ0) is 17.5. The summed E-state index contributed by atoms with van der Waals surface area (Å²) in [6.07, 6.45) is 0.468. The molecule has 2 rings (SSSR count). The van der Waals surface area contributed by atoms with Crippen LogP contribution < -0.4 is 5.73 Å². The molecule has 1 fully saturated rings. The molecule has 0 aromatic heterocycles. The van der Waals surface area contributed by atoms with Crippen LogP contribution in [-0.4, -0.2) is 67.6 Å². The van der Waals surface area contributed by atoms with Crippen LogP contribution in [0.25, 0.3) is 0 Å². The van der Waals surface area contributed by atoms with Crippen molar-refractivity contribution in [3.63, 3.8) is 0 Å². The van der Waals surface area contributed by atoms with E-state index in [-0.39, 0.29) is 30.3 Å². The molecule has 0 aliphatic carbocycles. The Morgan fingerprint density at radius 1 is 1.08 bits per heavy atom. The molecule has 25 heavy (non-hydrogen) atoms. The minimum Gasteiger partial charge on any atom is -0.380 e. The number of amides is 2. The number of hydrogen-bond donors (Lipinski definition) is 1. The first kappa shape index (κ1) is 21.4. The van der Waals surface area contributed by atoms with Gasteiger partial charge in [0.15, 0.2) is 0 Å². The van der Waals surface area contributed by atoms with Crippen molar-refractivity contribution in [1.82, 2.24) is 9.80 Å². The molecule has 2 amide bonds. The molecule has 0 spiro atoms. The highest BCUT2D eigenvalue weighted by atomic mass is 35.5. The van der Waals surface area contributed by atoms with E-state index >= 15 is 0 Å². The number of methoxy groups -OCH3 is 1. The van der Waals surface area contributed by atoms with Crippen LogP contribution >= 0.6 is 12.4 Å². The number of piperazine rings is 1. The summed E-state index contributed by atoms with van der Waals surface area (Å²) in [5.74, 6) is 0.153. The lowest BCUT2D eigenvalue weighted by Gasteiger charge is -2.35. The summed E-state index contributed by atoms with van der Waals surface area (Å²) in [4.78, 5) is 28.2. The molecule has 0 radical (unpaired) electrons. The summed E-state index contributed by atoms with van der Waals surface area (Å²) in [5, 5.41) is 0. The Kier molecular flexibility index (Phi) is 8.89. The second-order valence-corrected chi connectivity index (χ2v) is 6.22. The Morgan fingerprint density at radius 2 is 1.60 bits per heavy atom. The van der Waals surface area contributed by atoms with Gasteiger partial charge in [0.05, 0.1) is 18.9 Å².